The molecule has 3 rings (SSSR count). The predicted octanol–water partition coefficient (Wildman–Crippen LogP) is 3.52. The lowest BCUT2D eigenvalue weighted by Gasteiger charge is -2.20. The normalized spacial score (nSPS) is 14.7. The van der Waals surface area contributed by atoms with E-state index < -0.39 is 5.97 Å². The lowest BCUT2D eigenvalue weighted by Crippen LogP contribution is -2.20. The highest BCUT2D eigenvalue weighted by Crippen LogP contribution is 2.26. The van der Waals surface area contributed by atoms with Gasteiger partial charge in [0, 0.05) is 18.3 Å². The van der Waals surface area contributed by atoms with Crippen molar-refractivity contribution in [2.75, 3.05) is 17.7 Å². The molecule has 2 aromatic rings. The summed E-state index contributed by atoms with van der Waals surface area (Å²) < 4.78 is 4.89. The minimum atomic E-state index is -0.414. The molecular weight excluding hydrogens is 342 g/mol. The van der Waals surface area contributed by atoms with Crippen LogP contribution < -0.4 is 10.6 Å². The van der Waals surface area contributed by atoms with Crippen molar-refractivity contribution in [2.24, 2.45) is 0 Å². The molecule has 1 aliphatic carbocycles. The van der Waals surface area contributed by atoms with Crippen LogP contribution in [0.2, 0.25) is 0 Å². The van der Waals surface area contributed by atoms with Crippen LogP contribution in [0, 0.1) is 12.3 Å². The minimum absolute atomic E-state index is 0.334. The predicted molar refractivity (Wildman–Crippen MR) is 104 cm³/mol. The van der Waals surface area contributed by atoms with Gasteiger partial charge in [0.1, 0.15) is 22.9 Å². The van der Waals surface area contributed by atoms with Gasteiger partial charge in [0.25, 0.3) is 0 Å². The second-order valence-corrected chi connectivity index (χ2v) is 6.50. The van der Waals surface area contributed by atoms with Crippen molar-refractivity contribution in [2.45, 2.75) is 44.6 Å². The van der Waals surface area contributed by atoms with Gasteiger partial charge in [0.2, 0.25) is 0 Å². The third-order valence-electron chi connectivity index (χ3n) is 4.58. The Kier molecular flexibility index (Phi) is 6.21. The fourth-order valence-electron chi connectivity index (χ4n) is 3.16. The molecule has 0 atom stereocenters. The van der Waals surface area contributed by atoms with E-state index in [1.807, 2.05) is 0 Å². The van der Waals surface area contributed by atoms with Crippen molar-refractivity contribution >= 4 is 23.3 Å². The average molecular weight is 365 g/mol. The second-order valence-electron chi connectivity index (χ2n) is 6.50. The van der Waals surface area contributed by atoms with Crippen molar-refractivity contribution < 1.29 is 9.53 Å². The van der Waals surface area contributed by atoms with Crippen LogP contribution in [0.4, 0.5) is 17.3 Å². The molecule has 1 aliphatic rings. The van der Waals surface area contributed by atoms with E-state index in [1.165, 1.54) is 45.2 Å². The van der Waals surface area contributed by atoms with Gasteiger partial charge < -0.3 is 15.4 Å². The Morgan fingerprint density at radius 2 is 1.85 bits per heavy atom. The summed E-state index contributed by atoms with van der Waals surface area (Å²) in [6.45, 7) is 0. The van der Waals surface area contributed by atoms with Gasteiger partial charge in [0.05, 0.1) is 25.2 Å². The van der Waals surface area contributed by atoms with Crippen LogP contribution in [0.5, 0.6) is 0 Å². The Morgan fingerprint density at radius 1 is 1.11 bits per heavy atom. The number of carbonyl (C=O) groups is 1. The number of anilines is 3. The smallest absolute Gasteiger partial charge is 0.341 e. The first kappa shape index (κ1) is 18.6. The molecule has 1 saturated carbocycles. The molecule has 2 N–H and O–H groups in total. The summed E-state index contributed by atoms with van der Waals surface area (Å²) in [5, 5.41) is 6.59. The number of rotatable bonds is 5. The third-order valence-corrected chi connectivity index (χ3v) is 4.58. The standard InChI is InChI=1S/C20H23N5O2/c1-3-14-11-22-19(13-21-14)25-18-10-17(16(12-23-18)20(26)27-2)24-15-8-6-4-5-7-9-15/h1,10-13,15H,4-9H2,2H3,(H2,22,23,24,25). The largest absolute Gasteiger partial charge is 0.465 e. The number of pyridine rings is 1. The van der Waals surface area contributed by atoms with Gasteiger partial charge in [-0.2, -0.15) is 0 Å². The van der Waals surface area contributed by atoms with Gasteiger partial charge >= 0.3 is 5.97 Å². The molecule has 0 bridgehead atoms. The van der Waals surface area contributed by atoms with Crippen LogP contribution in [0.15, 0.2) is 24.7 Å². The van der Waals surface area contributed by atoms with E-state index in [-0.39, 0.29) is 0 Å². The number of hydrogen-bond acceptors (Lipinski definition) is 7. The van der Waals surface area contributed by atoms with Crippen LogP contribution in [0.3, 0.4) is 0 Å². The number of ether oxygens (including phenoxy) is 1. The van der Waals surface area contributed by atoms with Gasteiger partial charge in [0.15, 0.2) is 0 Å². The zero-order chi connectivity index (χ0) is 19.1. The topological polar surface area (TPSA) is 89.0 Å². The van der Waals surface area contributed by atoms with Crippen molar-refractivity contribution in [3.8, 4) is 12.3 Å². The van der Waals surface area contributed by atoms with Crippen LogP contribution in [0.25, 0.3) is 0 Å². The number of methoxy groups -OCH3 is 1. The molecule has 0 amide bonds. The molecule has 0 radical (unpaired) electrons. The molecular formula is C20H23N5O2. The summed E-state index contributed by atoms with van der Waals surface area (Å²) in [6.07, 6.45) is 16.9. The van der Waals surface area contributed by atoms with E-state index >= 15 is 0 Å². The lowest BCUT2D eigenvalue weighted by molar-refractivity contribution is 0.0601. The maximum atomic E-state index is 12.1. The first-order valence-corrected chi connectivity index (χ1v) is 9.10. The fraction of sp³-hybridized carbons (Fsp3) is 0.400. The van der Waals surface area contributed by atoms with Crippen molar-refractivity contribution in [3.63, 3.8) is 0 Å². The molecule has 0 saturated heterocycles. The highest BCUT2D eigenvalue weighted by atomic mass is 16.5. The zero-order valence-electron chi connectivity index (χ0n) is 15.4. The van der Waals surface area contributed by atoms with E-state index in [0.717, 1.165) is 12.8 Å². The number of esters is 1. The second kappa shape index (κ2) is 8.99. The van der Waals surface area contributed by atoms with E-state index in [1.54, 1.807) is 12.3 Å². The Hall–Kier alpha value is -3.14. The molecule has 0 spiro atoms. The van der Waals surface area contributed by atoms with Gasteiger partial charge in [-0.05, 0) is 18.8 Å². The SMILES string of the molecule is C#Cc1cnc(Nc2cc(NC3CCCCCC3)c(C(=O)OC)cn2)cn1. The number of hydrogen-bond donors (Lipinski definition) is 2. The fourth-order valence-corrected chi connectivity index (χ4v) is 3.16. The maximum absolute atomic E-state index is 12.1. The number of carbonyl (C=O) groups excluding carboxylic acids is 1. The Balaban J connectivity index is 1.82. The van der Waals surface area contributed by atoms with Crippen molar-refractivity contribution in [1.82, 2.24) is 15.0 Å². The molecule has 140 valence electrons. The van der Waals surface area contributed by atoms with Crippen LogP contribution in [0.1, 0.15) is 54.6 Å². The van der Waals surface area contributed by atoms with E-state index in [2.05, 4.69) is 31.5 Å². The molecule has 0 aliphatic heterocycles. The van der Waals surface area contributed by atoms with E-state index in [0.29, 0.717) is 34.6 Å². The van der Waals surface area contributed by atoms with Crippen molar-refractivity contribution in [3.05, 3.63) is 35.9 Å². The number of aromatic nitrogens is 3. The Labute approximate surface area is 159 Å². The van der Waals surface area contributed by atoms with Gasteiger partial charge in [-0.3, -0.25) is 0 Å². The van der Waals surface area contributed by atoms with Gasteiger partial charge in [-0.15, -0.1) is 6.42 Å². The minimum Gasteiger partial charge on any atom is -0.465 e. The first-order valence-electron chi connectivity index (χ1n) is 9.10. The van der Waals surface area contributed by atoms with Gasteiger partial charge in [-0.25, -0.2) is 19.7 Å². The summed E-state index contributed by atoms with van der Waals surface area (Å²) in [6, 6.07) is 2.13. The summed E-state index contributed by atoms with van der Waals surface area (Å²) >= 11 is 0. The quantitative estimate of drug-likeness (QED) is 0.476. The Bertz CT molecular complexity index is 821. The maximum Gasteiger partial charge on any atom is 0.341 e. The highest BCUT2D eigenvalue weighted by molar-refractivity contribution is 5.95. The zero-order valence-corrected chi connectivity index (χ0v) is 15.4. The number of nitrogens with one attached hydrogen (secondary N) is 2. The number of terminal acetylenes is 1. The number of nitrogens with zero attached hydrogens (tertiary/aromatic N) is 3. The molecule has 2 heterocycles. The summed E-state index contributed by atoms with van der Waals surface area (Å²) in [5.41, 5.74) is 1.59. The van der Waals surface area contributed by atoms with E-state index in [9.17, 15) is 4.79 Å². The molecule has 0 aromatic carbocycles. The van der Waals surface area contributed by atoms with Crippen molar-refractivity contribution in [1.29, 1.82) is 0 Å². The molecule has 2 aromatic heterocycles. The third kappa shape index (κ3) is 4.94. The first-order chi connectivity index (χ1) is 13.2. The van der Waals surface area contributed by atoms with Crippen LogP contribution >= 0.6 is 0 Å². The summed E-state index contributed by atoms with van der Waals surface area (Å²) in [4.78, 5) is 24.7. The van der Waals surface area contributed by atoms with E-state index in [4.69, 9.17) is 11.2 Å². The summed E-state index contributed by atoms with van der Waals surface area (Å²) in [5.74, 6) is 3.09. The van der Waals surface area contributed by atoms with Crippen LogP contribution in [-0.2, 0) is 4.74 Å². The molecule has 7 heteroatoms. The van der Waals surface area contributed by atoms with Crippen LogP contribution in [-0.4, -0.2) is 34.1 Å². The summed E-state index contributed by atoms with van der Waals surface area (Å²) in [7, 11) is 1.37. The molecule has 7 nitrogen and oxygen atoms in total. The monoisotopic (exact) mass is 365 g/mol. The molecule has 27 heavy (non-hydrogen) atoms. The highest BCUT2D eigenvalue weighted by Gasteiger charge is 2.18. The lowest BCUT2D eigenvalue weighted by atomic mass is 10.1. The average Bonchev–Trinajstić information content (AvgIpc) is 2.97. The molecule has 1 fully saturated rings. The Morgan fingerprint density at radius 3 is 2.48 bits per heavy atom. The van der Waals surface area contributed by atoms with Gasteiger partial charge in [-0.1, -0.05) is 25.7 Å². The molecule has 0 unspecified atom stereocenters.